The molecule has 0 aromatic rings. The third kappa shape index (κ3) is 2.23. The quantitative estimate of drug-likeness (QED) is 0.725. The lowest BCUT2D eigenvalue weighted by atomic mass is 9.96. The summed E-state index contributed by atoms with van der Waals surface area (Å²) in [5.74, 6) is 0.609. The van der Waals surface area contributed by atoms with Crippen LogP contribution in [0.1, 0.15) is 40.5 Å². The van der Waals surface area contributed by atoms with E-state index in [1.807, 2.05) is 0 Å². The zero-order chi connectivity index (χ0) is 10.1. The van der Waals surface area contributed by atoms with Crippen LogP contribution in [0.15, 0.2) is 0 Å². The highest BCUT2D eigenvalue weighted by atomic mass is 15.2. The molecule has 2 nitrogen and oxygen atoms in total. The minimum absolute atomic E-state index is 0.392. The number of nitrogens with zero attached hydrogens (tertiary/aromatic N) is 1. The van der Waals surface area contributed by atoms with Crippen molar-refractivity contribution in [2.75, 3.05) is 13.1 Å². The minimum Gasteiger partial charge on any atom is -0.330 e. The zero-order valence-corrected chi connectivity index (χ0v) is 9.51. The number of rotatable bonds is 3. The molecule has 2 heteroatoms. The lowest BCUT2D eigenvalue weighted by Gasteiger charge is -2.39. The summed E-state index contributed by atoms with van der Waals surface area (Å²) >= 11 is 0. The molecule has 0 aliphatic carbocycles. The Labute approximate surface area is 82.5 Å². The van der Waals surface area contributed by atoms with Gasteiger partial charge >= 0.3 is 0 Å². The summed E-state index contributed by atoms with van der Waals surface area (Å²) in [5, 5.41) is 0. The van der Waals surface area contributed by atoms with E-state index < -0.39 is 0 Å². The fourth-order valence-electron chi connectivity index (χ4n) is 2.39. The van der Waals surface area contributed by atoms with Gasteiger partial charge in [-0.2, -0.15) is 0 Å². The van der Waals surface area contributed by atoms with Crippen molar-refractivity contribution in [3.8, 4) is 0 Å². The monoisotopic (exact) mass is 184 g/mol. The van der Waals surface area contributed by atoms with E-state index in [1.54, 1.807) is 0 Å². The van der Waals surface area contributed by atoms with Gasteiger partial charge in [0.15, 0.2) is 0 Å². The van der Waals surface area contributed by atoms with Gasteiger partial charge in [-0.3, -0.25) is 4.90 Å². The third-order valence-electron chi connectivity index (χ3n) is 3.65. The van der Waals surface area contributed by atoms with Crippen LogP contribution in [-0.2, 0) is 0 Å². The second-order valence-corrected chi connectivity index (χ2v) is 5.06. The van der Waals surface area contributed by atoms with Crippen LogP contribution in [0.5, 0.6) is 0 Å². The highest BCUT2D eigenvalue weighted by Crippen LogP contribution is 2.31. The van der Waals surface area contributed by atoms with Crippen LogP contribution in [0.25, 0.3) is 0 Å². The molecule has 1 fully saturated rings. The second kappa shape index (κ2) is 3.97. The summed E-state index contributed by atoms with van der Waals surface area (Å²) in [7, 11) is 0. The molecule has 1 aliphatic heterocycles. The summed E-state index contributed by atoms with van der Waals surface area (Å²) in [6.45, 7) is 11.3. The molecule has 2 N–H and O–H groups in total. The van der Waals surface area contributed by atoms with Crippen molar-refractivity contribution in [1.82, 2.24) is 4.90 Å². The van der Waals surface area contributed by atoms with Gasteiger partial charge in [-0.05, 0) is 52.6 Å². The van der Waals surface area contributed by atoms with Crippen LogP contribution >= 0.6 is 0 Å². The van der Waals surface area contributed by atoms with Gasteiger partial charge in [-0.15, -0.1) is 0 Å². The lowest BCUT2D eigenvalue weighted by molar-refractivity contribution is 0.0944. The topological polar surface area (TPSA) is 29.3 Å². The molecule has 2 unspecified atom stereocenters. The first-order valence-corrected chi connectivity index (χ1v) is 5.46. The molecule has 78 valence electrons. The molecule has 0 aromatic carbocycles. The van der Waals surface area contributed by atoms with Crippen molar-refractivity contribution in [2.45, 2.75) is 52.1 Å². The molecule has 0 saturated carbocycles. The maximum Gasteiger partial charge on any atom is 0.0156 e. The standard InChI is InChI=1S/C11H24N2/c1-9(8-12)10(2)13-7-5-6-11(13,3)4/h9-10H,5-8,12H2,1-4H3. The number of hydrogen-bond acceptors (Lipinski definition) is 2. The predicted molar refractivity (Wildman–Crippen MR) is 57.7 cm³/mol. The molecule has 0 amide bonds. The van der Waals surface area contributed by atoms with E-state index >= 15 is 0 Å². The Balaban J connectivity index is 2.60. The first-order valence-electron chi connectivity index (χ1n) is 5.46. The van der Waals surface area contributed by atoms with Gasteiger partial charge in [0.1, 0.15) is 0 Å². The highest BCUT2D eigenvalue weighted by molar-refractivity contribution is 4.92. The Morgan fingerprint density at radius 2 is 2.00 bits per heavy atom. The SMILES string of the molecule is CC(CN)C(C)N1CCCC1(C)C. The van der Waals surface area contributed by atoms with E-state index in [1.165, 1.54) is 19.4 Å². The van der Waals surface area contributed by atoms with Crippen LogP contribution in [0.2, 0.25) is 0 Å². The Morgan fingerprint density at radius 3 is 2.38 bits per heavy atom. The maximum absolute atomic E-state index is 5.70. The van der Waals surface area contributed by atoms with Crippen molar-refractivity contribution >= 4 is 0 Å². The average Bonchev–Trinajstić information content (AvgIpc) is 2.42. The second-order valence-electron chi connectivity index (χ2n) is 5.06. The molecule has 0 aromatic heterocycles. The van der Waals surface area contributed by atoms with Crippen LogP contribution in [-0.4, -0.2) is 29.6 Å². The Hall–Kier alpha value is -0.0800. The van der Waals surface area contributed by atoms with E-state index in [4.69, 9.17) is 5.73 Å². The Morgan fingerprint density at radius 1 is 1.38 bits per heavy atom. The van der Waals surface area contributed by atoms with Gasteiger partial charge in [0.2, 0.25) is 0 Å². The molecule has 0 radical (unpaired) electrons. The molecule has 0 spiro atoms. The maximum atomic E-state index is 5.70. The summed E-state index contributed by atoms with van der Waals surface area (Å²) < 4.78 is 0. The summed E-state index contributed by atoms with van der Waals surface area (Å²) in [6.07, 6.45) is 2.67. The van der Waals surface area contributed by atoms with E-state index in [9.17, 15) is 0 Å². The number of likely N-dealkylation sites (tertiary alicyclic amines) is 1. The average molecular weight is 184 g/mol. The largest absolute Gasteiger partial charge is 0.330 e. The van der Waals surface area contributed by atoms with Crippen molar-refractivity contribution in [3.63, 3.8) is 0 Å². The van der Waals surface area contributed by atoms with Crippen LogP contribution in [0.4, 0.5) is 0 Å². The number of hydrogen-bond donors (Lipinski definition) is 1. The molecule has 1 rings (SSSR count). The number of nitrogens with two attached hydrogens (primary N) is 1. The molecular formula is C11H24N2. The summed E-state index contributed by atoms with van der Waals surface area (Å²) in [4.78, 5) is 2.62. The molecule has 1 aliphatic rings. The van der Waals surface area contributed by atoms with Gasteiger partial charge in [-0.25, -0.2) is 0 Å². The predicted octanol–water partition coefficient (Wildman–Crippen LogP) is 1.84. The molecule has 1 saturated heterocycles. The fourth-order valence-corrected chi connectivity index (χ4v) is 2.39. The first kappa shape index (κ1) is 11.0. The normalized spacial score (nSPS) is 27.5. The molecule has 13 heavy (non-hydrogen) atoms. The van der Waals surface area contributed by atoms with Crippen molar-refractivity contribution in [3.05, 3.63) is 0 Å². The van der Waals surface area contributed by atoms with Crippen molar-refractivity contribution in [2.24, 2.45) is 11.7 Å². The van der Waals surface area contributed by atoms with Gasteiger partial charge < -0.3 is 5.73 Å². The molecular weight excluding hydrogens is 160 g/mol. The highest BCUT2D eigenvalue weighted by Gasteiger charge is 2.36. The van der Waals surface area contributed by atoms with Crippen LogP contribution in [0.3, 0.4) is 0 Å². The first-order chi connectivity index (χ1) is 5.99. The van der Waals surface area contributed by atoms with E-state index in [-0.39, 0.29) is 0 Å². The van der Waals surface area contributed by atoms with Gasteiger partial charge in [0.25, 0.3) is 0 Å². The minimum atomic E-state index is 0.392. The van der Waals surface area contributed by atoms with Gasteiger partial charge in [0.05, 0.1) is 0 Å². The molecule has 1 heterocycles. The van der Waals surface area contributed by atoms with Crippen LogP contribution in [0, 0.1) is 5.92 Å². The smallest absolute Gasteiger partial charge is 0.0156 e. The van der Waals surface area contributed by atoms with Crippen LogP contribution < -0.4 is 5.73 Å². The fraction of sp³-hybridized carbons (Fsp3) is 1.00. The van der Waals surface area contributed by atoms with Crippen molar-refractivity contribution in [1.29, 1.82) is 0 Å². The lowest BCUT2D eigenvalue weighted by Crippen LogP contribution is -2.48. The zero-order valence-electron chi connectivity index (χ0n) is 9.51. The van der Waals surface area contributed by atoms with Crippen molar-refractivity contribution < 1.29 is 0 Å². The Kier molecular flexibility index (Phi) is 3.36. The van der Waals surface area contributed by atoms with Gasteiger partial charge in [0, 0.05) is 11.6 Å². The van der Waals surface area contributed by atoms with E-state index in [2.05, 4.69) is 32.6 Å². The molecule has 2 atom stereocenters. The summed E-state index contributed by atoms with van der Waals surface area (Å²) in [6, 6.07) is 0.627. The Bertz CT molecular complexity index is 165. The van der Waals surface area contributed by atoms with Gasteiger partial charge in [-0.1, -0.05) is 6.92 Å². The van der Waals surface area contributed by atoms with E-state index in [0.717, 1.165) is 6.54 Å². The molecule has 0 bridgehead atoms. The summed E-state index contributed by atoms with van der Waals surface area (Å²) in [5.41, 5.74) is 6.09. The van der Waals surface area contributed by atoms with E-state index in [0.29, 0.717) is 17.5 Å². The third-order valence-corrected chi connectivity index (χ3v) is 3.65.